The van der Waals surface area contributed by atoms with Crippen LogP contribution in [0.2, 0.25) is 0 Å². The van der Waals surface area contributed by atoms with Gasteiger partial charge in [-0.05, 0) is 30.7 Å². The zero-order valence-corrected chi connectivity index (χ0v) is 10.5. The van der Waals surface area contributed by atoms with Crippen molar-refractivity contribution in [2.75, 3.05) is 11.9 Å². The molecule has 1 aromatic carbocycles. The van der Waals surface area contributed by atoms with Crippen LogP contribution in [0.1, 0.15) is 23.0 Å². The first-order valence-corrected chi connectivity index (χ1v) is 6.35. The monoisotopic (exact) mass is 251 g/mol. The van der Waals surface area contributed by atoms with E-state index in [1.807, 2.05) is 29.6 Å². The van der Waals surface area contributed by atoms with Crippen molar-refractivity contribution in [2.24, 2.45) is 0 Å². The van der Waals surface area contributed by atoms with E-state index in [4.69, 9.17) is 0 Å². The third kappa shape index (κ3) is 1.51. The summed E-state index contributed by atoms with van der Waals surface area (Å²) >= 11 is 0. The maximum Gasteiger partial charge on any atom is 0.177 e. The third-order valence-corrected chi connectivity index (χ3v) is 3.56. The number of fused-ring (bicyclic) bond motifs is 2. The maximum atomic E-state index is 4.52. The van der Waals surface area contributed by atoms with Crippen molar-refractivity contribution in [3.63, 3.8) is 0 Å². The molecule has 0 saturated carbocycles. The van der Waals surface area contributed by atoms with Gasteiger partial charge in [-0.1, -0.05) is 18.2 Å². The molecule has 3 aromatic rings. The molecule has 1 aliphatic heterocycles. The highest BCUT2D eigenvalue weighted by atomic mass is 15.4. The molecular weight excluding hydrogens is 238 g/mol. The number of para-hydroxylation sites is 1. The largest absolute Gasteiger partial charge is 0.384 e. The Kier molecular flexibility index (Phi) is 2.09. The smallest absolute Gasteiger partial charge is 0.177 e. The molecule has 1 N–H and O–H groups in total. The number of benzene rings is 1. The zero-order chi connectivity index (χ0) is 12.8. The summed E-state index contributed by atoms with van der Waals surface area (Å²) < 4.78 is 1.85. The van der Waals surface area contributed by atoms with Crippen molar-refractivity contribution >= 4 is 11.3 Å². The van der Waals surface area contributed by atoms with Crippen LogP contribution in [-0.4, -0.2) is 26.4 Å². The first-order valence-electron chi connectivity index (χ1n) is 6.35. The van der Waals surface area contributed by atoms with E-state index in [2.05, 4.69) is 38.8 Å². The summed E-state index contributed by atoms with van der Waals surface area (Å²) in [4.78, 5) is 0. The molecule has 1 unspecified atom stereocenters. The van der Waals surface area contributed by atoms with E-state index in [1.54, 1.807) is 0 Å². The Labute approximate surface area is 110 Å². The van der Waals surface area contributed by atoms with Gasteiger partial charge < -0.3 is 5.32 Å². The number of aryl methyl sites for hydroxylation is 1. The summed E-state index contributed by atoms with van der Waals surface area (Å²) in [5.74, 6) is 1.11. The molecule has 0 fully saturated rings. The summed E-state index contributed by atoms with van der Waals surface area (Å²) in [6, 6.07) is 12.2. The molecule has 0 bridgehead atoms. The minimum absolute atomic E-state index is 0.209. The summed E-state index contributed by atoms with van der Waals surface area (Å²) in [6.07, 6.45) is 0. The second-order valence-corrected chi connectivity index (χ2v) is 4.82. The summed E-state index contributed by atoms with van der Waals surface area (Å²) in [7, 11) is 0. The fourth-order valence-electron chi connectivity index (χ4n) is 2.63. The lowest BCUT2D eigenvalue weighted by molar-refractivity contribution is 0.739. The van der Waals surface area contributed by atoms with Crippen molar-refractivity contribution in [1.82, 2.24) is 19.8 Å². The third-order valence-electron chi connectivity index (χ3n) is 3.56. The minimum Gasteiger partial charge on any atom is -0.384 e. The maximum absolute atomic E-state index is 4.52. The van der Waals surface area contributed by atoms with Crippen LogP contribution in [0.5, 0.6) is 0 Å². The van der Waals surface area contributed by atoms with Crippen molar-refractivity contribution in [1.29, 1.82) is 0 Å². The van der Waals surface area contributed by atoms with Gasteiger partial charge in [0, 0.05) is 12.2 Å². The lowest BCUT2D eigenvalue weighted by Gasteiger charge is -2.07. The lowest BCUT2D eigenvalue weighted by atomic mass is 10.0. The number of nitrogens with one attached hydrogen (secondary N) is 1. The first-order chi connectivity index (χ1) is 9.33. The predicted octanol–water partition coefficient (Wildman–Crippen LogP) is 1.99. The van der Waals surface area contributed by atoms with Gasteiger partial charge in [-0.2, -0.15) is 9.61 Å². The number of aromatic nitrogens is 4. The van der Waals surface area contributed by atoms with Gasteiger partial charge in [0.2, 0.25) is 0 Å². The molecule has 4 rings (SSSR count). The molecule has 0 radical (unpaired) electrons. The predicted molar refractivity (Wildman–Crippen MR) is 72.3 cm³/mol. The van der Waals surface area contributed by atoms with Gasteiger partial charge in [0.05, 0.1) is 11.6 Å². The molecule has 0 spiro atoms. The average molecular weight is 251 g/mol. The highest BCUT2D eigenvalue weighted by Gasteiger charge is 2.27. The van der Waals surface area contributed by atoms with Crippen molar-refractivity contribution < 1.29 is 0 Å². The van der Waals surface area contributed by atoms with E-state index in [-0.39, 0.29) is 5.92 Å². The lowest BCUT2D eigenvalue weighted by Crippen LogP contribution is -2.10. The Hall–Kier alpha value is -2.43. The molecule has 0 amide bonds. The molecule has 0 saturated heterocycles. The second-order valence-electron chi connectivity index (χ2n) is 4.82. The van der Waals surface area contributed by atoms with Crippen LogP contribution in [0.3, 0.4) is 0 Å². The number of anilines is 1. The highest BCUT2D eigenvalue weighted by Crippen LogP contribution is 2.34. The Bertz CT molecular complexity index is 761. The molecule has 5 nitrogen and oxygen atoms in total. The normalized spacial score (nSPS) is 17.4. The molecule has 1 aliphatic rings. The summed E-state index contributed by atoms with van der Waals surface area (Å²) in [6.45, 7) is 2.82. The SMILES string of the molecule is Cc1ccc2nnc(C3CNc4ccccc43)n2n1. The van der Waals surface area contributed by atoms with Crippen LogP contribution in [-0.2, 0) is 0 Å². The van der Waals surface area contributed by atoms with Gasteiger partial charge in [0.25, 0.3) is 0 Å². The van der Waals surface area contributed by atoms with Crippen molar-refractivity contribution in [3.8, 4) is 0 Å². The van der Waals surface area contributed by atoms with Crippen LogP contribution < -0.4 is 5.32 Å². The highest BCUT2D eigenvalue weighted by molar-refractivity contribution is 5.59. The minimum atomic E-state index is 0.209. The summed E-state index contributed by atoms with van der Waals surface area (Å²) in [5.41, 5.74) is 4.20. The second kappa shape index (κ2) is 3.78. The van der Waals surface area contributed by atoms with Gasteiger partial charge in [-0.25, -0.2) is 0 Å². The fraction of sp³-hybridized carbons (Fsp3) is 0.214. The molecule has 1 atom stereocenters. The molecule has 94 valence electrons. The number of rotatable bonds is 1. The van der Waals surface area contributed by atoms with Gasteiger partial charge in [0.1, 0.15) is 0 Å². The quantitative estimate of drug-likeness (QED) is 0.718. The number of nitrogens with zero attached hydrogens (tertiary/aromatic N) is 4. The van der Waals surface area contributed by atoms with Crippen LogP contribution in [0.25, 0.3) is 5.65 Å². The van der Waals surface area contributed by atoms with E-state index in [9.17, 15) is 0 Å². The topological polar surface area (TPSA) is 55.1 Å². The zero-order valence-electron chi connectivity index (χ0n) is 10.5. The molecular formula is C14H13N5. The molecule has 0 aliphatic carbocycles. The molecule has 2 aromatic heterocycles. The Morgan fingerprint density at radius 1 is 1.16 bits per heavy atom. The van der Waals surface area contributed by atoms with Gasteiger partial charge in [0.15, 0.2) is 11.5 Å². The fourth-order valence-corrected chi connectivity index (χ4v) is 2.63. The Morgan fingerprint density at radius 3 is 3.00 bits per heavy atom. The molecule has 5 heteroatoms. The first kappa shape index (κ1) is 10.5. The van der Waals surface area contributed by atoms with Crippen LogP contribution in [0.15, 0.2) is 36.4 Å². The Balaban J connectivity index is 1.90. The van der Waals surface area contributed by atoms with E-state index in [1.165, 1.54) is 11.3 Å². The van der Waals surface area contributed by atoms with E-state index in [0.717, 1.165) is 23.7 Å². The average Bonchev–Trinajstić information content (AvgIpc) is 3.01. The van der Waals surface area contributed by atoms with Crippen LogP contribution in [0, 0.1) is 6.92 Å². The van der Waals surface area contributed by atoms with Crippen molar-refractivity contribution in [3.05, 3.63) is 53.5 Å². The van der Waals surface area contributed by atoms with E-state index < -0.39 is 0 Å². The standard InChI is InChI=1S/C14H13N5/c1-9-6-7-13-16-17-14(19(13)18-9)11-8-15-12-5-3-2-4-10(11)12/h2-7,11,15H,8H2,1H3. The molecule has 3 heterocycles. The van der Waals surface area contributed by atoms with Crippen LogP contribution >= 0.6 is 0 Å². The van der Waals surface area contributed by atoms with Gasteiger partial charge >= 0.3 is 0 Å². The van der Waals surface area contributed by atoms with E-state index >= 15 is 0 Å². The number of hydrogen-bond donors (Lipinski definition) is 1. The van der Waals surface area contributed by atoms with Gasteiger partial charge in [-0.15, -0.1) is 10.2 Å². The summed E-state index contributed by atoms with van der Waals surface area (Å²) in [5, 5.41) is 16.5. The van der Waals surface area contributed by atoms with Gasteiger partial charge in [-0.3, -0.25) is 0 Å². The van der Waals surface area contributed by atoms with Crippen molar-refractivity contribution in [2.45, 2.75) is 12.8 Å². The Morgan fingerprint density at radius 2 is 2.05 bits per heavy atom. The number of hydrogen-bond acceptors (Lipinski definition) is 4. The molecule has 19 heavy (non-hydrogen) atoms. The van der Waals surface area contributed by atoms with Crippen LogP contribution in [0.4, 0.5) is 5.69 Å². The van der Waals surface area contributed by atoms with E-state index in [0.29, 0.717) is 0 Å².